The van der Waals surface area contributed by atoms with Crippen molar-refractivity contribution >= 4 is 39.8 Å². The maximum Gasteiger partial charge on any atom is 0.270 e. The number of aromatic nitrogens is 1. The second-order valence-electron chi connectivity index (χ2n) is 6.33. The fourth-order valence-electron chi connectivity index (χ4n) is 2.89. The van der Waals surface area contributed by atoms with Crippen LogP contribution in [0.15, 0.2) is 79.0 Å². The Kier molecular flexibility index (Phi) is 5.28. The molecular weight excluding hydrogens is 406 g/mol. The van der Waals surface area contributed by atoms with E-state index in [0.717, 1.165) is 17.0 Å². The van der Waals surface area contributed by atoms with Crippen molar-refractivity contribution < 1.29 is 14.5 Å². The fraction of sp³-hybridized carbons (Fsp3) is 0. The van der Waals surface area contributed by atoms with E-state index < -0.39 is 10.8 Å². The van der Waals surface area contributed by atoms with E-state index in [1.54, 1.807) is 30.5 Å². The molecule has 0 bridgehead atoms. The summed E-state index contributed by atoms with van der Waals surface area (Å²) >= 11 is 6.01. The second kappa shape index (κ2) is 8.18. The van der Waals surface area contributed by atoms with Gasteiger partial charge in [0.05, 0.1) is 15.5 Å². The smallest absolute Gasteiger partial charge is 0.270 e. The topological polar surface area (TPSA) is 94.4 Å². The number of carbonyl (C=O) groups excluding carboxylic acids is 1. The standard InChI is InChI=1S/C22H14ClN3O4/c23-19-13-16(26(28)29)8-11-18(19)22(27)25-15-6-9-17(10-7-15)30-20-5-1-3-14-4-2-12-24-21(14)20/h1-13H,(H,25,27). The molecule has 0 atom stereocenters. The number of fused-ring (bicyclic) bond motifs is 1. The number of rotatable bonds is 5. The van der Waals surface area contributed by atoms with Gasteiger partial charge in [0.1, 0.15) is 11.3 Å². The third kappa shape index (κ3) is 4.06. The van der Waals surface area contributed by atoms with Crippen LogP contribution >= 0.6 is 11.6 Å². The molecule has 1 N–H and O–H groups in total. The van der Waals surface area contributed by atoms with Crippen molar-refractivity contribution in [3.63, 3.8) is 0 Å². The number of nitrogens with zero attached hydrogens (tertiary/aromatic N) is 2. The maximum atomic E-state index is 12.4. The summed E-state index contributed by atoms with van der Waals surface area (Å²) in [7, 11) is 0. The number of ether oxygens (including phenoxy) is 1. The molecule has 0 radical (unpaired) electrons. The lowest BCUT2D eigenvalue weighted by molar-refractivity contribution is -0.384. The molecule has 0 fully saturated rings. The van der Waals surface area contributed by atoms with Crippen LogP contribution in [0.1, 0.15) is 10.4 Å². The number of amides is 1. The first-order valence-corrected chi connectivity index (χ1v) is 9.26. The Morgan fingerprint density at radius 1 is 1.03 bits per heavy atom. The first-order valence-electron chi connectivity index (χ1n) is 8.88. The number of hydrogen-bond acceptors (Lipinski definition) is 5. The first kappa shape index (κ1) is 19.4. The minimum absolute atomic E-state index is 0.00473. The van der Waals surface area contributed by atoms with Crippen LogP contribution in [0.5, 0.6) is 11.5 Å². The number of carbonyl (C=O) groups is 1. The summed E-state index contributed by atoms with van der Waals surface area (Å²) in [5, 5.41) is 14.5. The van der Waals surface area contributed by atoms with Gasteiger partial charge in [-0.1, -0.05) is 29.8 Å². The van der Waals surface area contributed by atoms with Crippen LogP contribution in [0, 0.1) is 10.1 Å². The zero-order valence-corrected chi connectivity index (χ0v) is 16.2. The average molecular weight is 420 g/mol. The Labute approximate surface area is 176 Å². The Morgan fingerprint density at radius 2 is 1.80 bits per heavy atom. The summed E-state index contributed by atoms with van der Waals surface area (Å²) in [6.07, 6.45) is 1.71. The van der Waals surface area contributed by atoms with Crippen LogP contribution in [0.3, 0.4) is 0 Å². The van der Waals surface area contributed by atoms with Gasteiger partial charge < -0.3 is 10.1 Å². The molecule has 0 saturated carbocycles. The van der Waals surface area contributed by atoms with Crippen molar-refractivity contribution in [3.8, 4) is 11.5 Å². The lowest BCUT2D eigenvalue weighted by Gasteiger charge is -2.10. The predicted octanol–water partition coefficient (Wildman–Crippen LogP) is 5.84. The van der Waals surface area contributed by atoms with Crippen molar-refractivity contribution in [3.05, 3.63) is 99.7 Å². The number of nitrogens with one attached hydrogen (secondary N) is 1. The lowest BCUT2D eigenvalue weighted by atomic mass is 10.2. The highest BCUT2D eigenvalue weighted by Gasteiger charge is 2.15. The molecule has 30 heavy (non-hydrogen) atoms. The number of benzene rings is 3. The summed E-state index contributed by atoms with van der Waals surface area (Å²) in [5.41, 5.74) is 1.24. The first-order chi connectivity index (χ1) is 14.5. The lowest BCUT2D eigenvalue weighted by Crippen LogP contribution is -2.12. The van der Waals surface area contributed by atoms with E-state index in [0.29, 0.717) is 17.2 Å². The number of halogens is 1. The van der Waals surface area contributed by atoms with Gasteiger partial charge in [-0.15, -0.1) is 0 Å². The number of nitro benzene ring substituents is 1. The van der Waals surface area contributed by atoms with Gasteiger partial charge in [-0.3, -0.25) is 19.9 Å². The van der Waals surface area contributed by atoms with Gasteiger partial charge in [0, 0.05) is 29.4 Å². The van der Waals surface area contributed by atoms with E-state index in [2.05, 4.69) is 10.3 Å². The van der Waals surface area contributed by atoms with Crippen molar-refractivity contribution in [2.24, 2.45) is 0 Å². The van der Waals surface area contributed by atoms with Crippen LogP contribution in [-0.4, -0.2) is 15.8 Å². The van der Waals surface area contributed by atoms with Crippen LogP contribution in [0.2, 0.25) is 5.02 Å². The Bertz CT molecular complexity index is 1250. The molecular formula is C22H14ClN3O4. The zero-order chi connectivity index (χ0) is 21.1. The van der Waals surface area contributed by atoms with E-state index in [1.807, 2.05) is 30.3 Å². The summed E-state index contributed by atoms with van der Waals surface area (Å²) in [6.45, 7) is 0. The molecule has 0 unspecified atom stereocenters. The maximum absolute atomic E-state index is 12.4. The molecule has 0 aliphatic heterocycles. The van der Waals surface area contributed by atoms with Crippen molar-refractivity contribution in [2.75, 3.05) is 5.32 Å². The van der Waals surface area contributed by atoms with Gasteiger partial charge in [0.25, 0.3) is 11.6 Å². The third-order valence-electron chi connectivity index (χ3n) is 4.34. The van der Waals surface area contributed by atoms with E-state index in [-0.39, 0.29) is 16.3 Å². The SMILES string of the molecule is O=C(Nc1ccc(Oc2cccc3cccnc23)cc1)c1ccc([N+](=O)[O-])cc1Cl. The van der Waals surface area contributed by atoms with E-state index in [4.69, 9.17) is 16.3 Å². The van der Waals surface area contributed by atoms with Gasteiger partial charge in [-0.2, -0.15) is 0 Å². The van der Waals surface area contributed by atoms with Gasteiger partial charge >= 0.3 is 0 Å². The molecule has 1 amide bonds. The van der Waals surface area contributed by atoms with Gasteiger partial charge in [0.15, 0.2) is 5.75 Å². The Hall–Kier alpha value is -3.97. The van der Waals surface area contributed by atoms with Crippen LogP contribution in [-0.2, 0) is 0 Å². The third-order valence-corrected chi connectivity index (χ3v) is 4.66. The normalized spacial score (nSPS) is 10.6. The van der Waals surface area contributed by atoms with Crippen LogP contribution < -0.4 is 10.1 Å². The van der Waals surface area contributed by atoms with E-state index in [1.165, 1.54) is 12.1 Å². The molecule has 0 aliphatic carbocycles. The van der Waals surface area contributed by atoms with Crippen LogP contribution in [0.25, 0.3) is 10.9 Å². The van der Waals surface area contributed by atoms with Crippen molar-refractivity contribution in [1.29, 1.82) is 0 Å². The van der Waals surface area contributed by atoms with Gasteiger partial charge in [0.2, 0.25) is 0 Å². The Morgan fingerprint density at radius 3 is 2.53 bits per heavy atom. The molecule has 7 nitrogen and oxygen atoms in total. The molecule has 4 rings (SSSR count). The minimum Gasteiger partial charge on any atom is -0.455 e. The largest absolute Gasteiger partial charge is 0.455 e. The molecule has 1 aromatic heterocycles. The molecule has 0 aliphatic rings. The molecule has 8 heteroatoms. The second-order valence-corrected chi connectivity index (χ2v) is 6.74. The number of hydrogen-bond donors (Lipinski definition) is 1. The summed E-state index contributed by atoms with van der Waals surface area (Å²) in [6, 6.07) is 20.0. The fourth-order valence-corrected chi connectivity index (χ4v) is 3.15. The number of nitro groups is 1. The number of pyridine rings is 1. The average Bonchev–Trinajstić information content (AvgIpc) is 2.75. The zero-order valence-electron chi connectivity index (χ0n) is 15.4. The highest BCUT2D eigenvalue weighted by Crippen LogP contribution is 2.29. The van der Waals surface area contributed by atoms with Crippen molar-refractivity contribution in [2.45, 2.75) is 0 Å². The number of para-hydroxylation sites is 1. The Balaban J connectivity index is 1.48. The van der Waals surface area contributed by atoms with Gasteiger partial charge in [-0.05, 0) is 42.5 Å². The number of anilines is 1. The molecule has 148 valence electrons. The quantitative estimate of drug-likeness (QED) is 0.324. The molecule has 3 aromatic carbocycles. The highest BCUT2D eigenvalue weighted by molar-refractivity contribution is 6.34. The summed E-state index contributed by atoms with van der Waals surface area (Å²) in [4.78, 5) is 27.0. The van der Waals surface area contributed by atoms with Crippen molar-refractivity contribution in [1.82, 2.24) is 4.98 Å². The molecule has 1 heterocycles. The highest BCUT2D eigenvalue weighted by atomic mass is 35.5. The monoisotopic (exact) mass is 419 g/mol. The molecule has 0 spiro atoms. The summed E-state index contributed by atoms with van der Waals surface area (Å²) in [5.74, 6) is 0.740. The number of non-ortho nitro benzene ring substituents is 1. The van der Waals surface area contributed by atoms with E-state index >= 15 is 0 Å². The molecule has 4 aromatic rings. The summed E-state index contributed by atoms with van der Waals surface area (Å²) < 4.78 is 5.93. The van der Waals surface area contributed by atoms with Gasteiger partial charge in [-0.25, -0.2) is 0 Å². The minimum atomic E-state index is -0.572. The molecule has 0 saturated heterocycles. The van der Waals surface area contributed by atoms with Crippen LogP contribution in [0.4, 0.5) is 11.4 Å². The van der Waals surface area contributed by atoms with E-state index in [9.17, 15) is 14.9 Å². The predicted molar refractivity (Wildman–Crippen MR) is 114 cm³/mol.